The Morgan fingerprint density at radius 3 is 1.75 bits per heavy atom. The lowest BCUT2D eigenvalue weighted by atomic mass is 9.90. The summed E-state index contributed by atoms with van der Waals surface area (Å²) in [6.45, 7) is 0. The standard InChI is InChI=1S/C33H24N2O/c36-23-35(27-15-5-2-6-16-27)31-22-20-25-12-8-10-18-29(25)33(31)32-28-17-9-7-11-24(28)19-21-30(32)34-26-13-3-1-4-14-26/h1-23,34H. The van der Waals surface area contributed by atoms with Crippen molar-refractivity contribution in [2.75, 3.05) is 10.2 Å². The lowest BCUT2D eigenvalue weighted by molar-refractivity contribution is -0.106. The number of nitrogens with one attached hydrogen (secondary N) is 1. The molecule has 0 heterocycles. The Hall–Kier alpha value is -4.89. The van der Waals surface area contributed by atoms with Crippen LogP contribution >= 0.6 is 0 Å². The van der Waals surface area contributed by atoms with E-state index in [1.54, 1.807) is 4.90 Å². The van der Waals surface area contributed by atoms with Gasteiger partial charge >= 0.3 is 0 Å². The van der Waals surface area contributed by atoms with Gasteiger partial charge in [0.15, 0.2) is 0 Å². The number of fused-ring (bicyclic) bond motifs is 2. The molecule has 0 saturated carbocycles. The van der Waals surface area contributed by atoms with Gasteiger partial charge in [0, 0.05) is 28.2 Å². The van der Waals surface area contributed by atoms with Crippen molar-refractivity contribution in [3.63, 3.8) is 0 Å². The Bertz CT molecular complexity index is 1680. The molecule has 0 spiro atoms. The highest BCUT2D eigenvalue weighted by Gasteiger charge is 2.21. The van der Waals surface area contributed by atoms with Crippen molar-refractivity contribution in [2.24, 2.45) is 0 Å². The summed E-state index contributed by atoms with van der Waals surface area (Å²) in [5, 5.41) is 8.11. The fraction of sp³-hybridized carbons (Fsp3) is 0. The Kier molecular flexibility index (Phi) is 5.65. The Balaban J connectivity index is 1.71. The summed E-state index contributed by atoms with van der Waals surface area (Å²) in [7, 11) is 0. The average molecular weight is 465 g/mol. The van der Waals surface area contributed by atoms with Crippen LogP contribution in [0.2, 0.25) is 0 Å². The summed E-state index contributed by atoms with van der Waals surface area (Å²) in [5.74, 6) is 0. The monoisotopic (exact) mass is 464 g/mol. The fourth-order valence-corrected chi connectivity index (χ4v) is 4.89. The predicted octanol–water partition coefficient (Wildman–Crippen LogP) is 8.70. The molecular weight excluding hydrogens is 440 g/mol. The number of nitrogens with zero attached hydrogens (tertiary/aromatic N) is 1. The van der Waals surface area contributed by atoms with Gasteiger partial charge in [0.25, 0.3) is 0 Å². The third-order valence-electron chi connectivity index (χ3n) is 6.54. The van der Waals surface area contributed by atoms with Crippen LogP contribution in [0.25, 0.3) is 32.7 Å². The first-order chi connectivity index (χ1) is 17.8. The van der Waals surface area contributed by atoms with Gasteiger partial charge in [-0.25, -0.2) is 0 Å². The predicted molar refractivity (Wildman–Crippen MR) is 151 cm³/mol. The van der Waals surface area contributed by atoms with Crippen molar-refractivity contribution in [1.29, 1.82) is 0 Å². The van der Waals surface area contributed by atoms with Crippen LogP contribution in [-0.4, -0.2) is 6.41 Å². The SMILES string of the molecule is O=CN(c1ccccc1)c1ccc2ccccc2c1-c1c(Nc2ccccc2)ccc2ccccc12. The molecule has 1 N–H and O–H groups in total. The molecule has 3 nitrogen and oxygen atoms in total. The normalized spacial score (nSPS) is 10.9. The highest BCUT2D eigenvalue weighted by molar-refractivity contribution is 6.15. The highest BCUT2D eigenvalue weighted by Crippen LogP contribution is 2.46. The van der Waals surface area contributed by atoms with E-state index in [2.05, 4.69) is 78.1 Å². The number of hydrogen-bond acceptors (Lipinski definition) is 2. The van der Waals surface area contributed by atoms with Gasteiger partial charge in [-0.05, 0) is 57.9 Å². The van der Waals surface area contributed by atoms with Gasteiger partial charge < -0.3 is 5.32 Å². The number of rotatable bonds is 6. The first-order valence-corrected chi connectivity index (χ1v) is 12.0. The first kappa shape index (κ1) is 21.6. The Morgan fingerprint density at radius 1 is 0.528 bits per heavy atom. The van der Waals surface area contributed by atoms with E-state index in [1.807, 2.05) is 60.7 Å². The summed E-state index contributed by atoms with van der Waals surface area (Å²) >= 11 is 0. The van der Waals surface area contributed by atoms with Gasteiger partial charge in [-0.1, -0.05) is 97.1 Å². The maximum Gasteiger partial charge on any atom is 0.218 e. The van der Waals surface area contributed by atoms with Crippen LogP contribution in [0.4, 0.5) is 22.7 Å². The molecule has 0 bridgehead atoms. The van der Waals surface area contributed by atoms with E-state index in [1.165, 1.54) is 0 Å². The molecule has 0 atom stereocenters. The Morgan fingerprint density at radius 2 is 1.08 bits per heavy atom. The summed E-state index contributed by atoms with van der Waals surface area (Å²) in [5.41, 5.74) is 5.72. The molecule has 0 saturated heterocycles. The molecule has 3 heteroatoms. The van der Waals surface area contributed by atoms with Crippen molar-refractivity contribution in [3.8, 4) is 11.1 Å². The van der Waals surface area contributed by atoms with Gasteiger partial charge in [0.05, 0.1) is 5.69 Å². The fourth-order valence-electron chi connectivity index (χ4n) is 4.89. The molecule has 6 aromatic rings. The van der Waals surface area contributed by atoms with Crippen LogP contribution in [0.3, 0.4) is 0 Å². The van der Waals surface area contributed by atoms with E-state index in [0.717, 1.165) is 61.8 Å². The van der Waals surface area contributed by atoms with E-state index in [0.29, 0.717) is 0 Å². The lowest BCUT2D eigenvalue weighted by Crippen LogP contribution is -2.15. The van der Waals surface area contributed by atoms with Crippen molar-refractivity contribution < 1.29 is 4.79 Å². The third kappa shape index (κ3) is 3.87. The minimum Gasteiger partial charge on any atom is -0.355 e. The molecule has 0 aromatic heterocycles. The second-order valence-corrected chi connectivity index (χ2v) is 8.69. The van der Waals surface area contributed by atoms with Gasteiger partial charge in [-0.15, -0.1) is 0 Å². The number of amides is 1. The van der Waals surface area contributed by atoms with E-state index >= 15 is 0 Å². The molecule has 0 unspecified atom stereocenters. The smallest absolute Gasteiger partial charge is 0.218 e. The van der Waals surface area contributed by atoms with Crippen LogP contribution in [0.1, 0.15) is 0 Å². The van der Waals surface area contributed by atoms with E-state index in [9.17, 15) is 4.79 Å². The molecule has 172 valence electrons. The lowest BCUT2D eigenvalue weighted by Gasteiger charge is -2.25. The largest absolute Gasteiger partial charge is 0.355 e. The van der Waals surface area contributed by atoms with Crippen molar-refractivity contribution in [3.05, 3.63) is 133 Å². The maximum absolute atomic E-state index is 12.6. The highest BCUT2D eigenvalue weighted by atomic mass is 16.1. The van der Waals surface area contributed by atoms with Crippen LogP contribution in [-0.2, 0) is 4.79 Å². The second-order valence-electron chi connectivity index (χ2n) is 8.69. The summed E-state index contributed by atoms with van der Waals surface area (Å²) in [6.07, 6.45) is 0.901. The van der Waals surface area contributed by atoms with Crippen molar-refractivity contribution in [2.45, 2.75) is 0 Å². The number of hydrogen-bond donors (Lipinski definition) is 1. The number of carbonyl (C=O) groups excluding carboxylic acids is 1. The summed E-state index contributed by atoms with van der Waals surface area (Å²) in [6, 6.07) is 45.1. The van der Waals surface area contributed by atoms with Gasteiger partial charge in [0.2, 0.25) is 6.41 Å². The zero-order valence-electron chi connectivity index (χ0n) is 19.6. The average Bonchev–Trinajstić information content (AvgIpc) is 2.95. The molecular formula is C33H24N2O. The molecule has 36 heavy (non-hydrogen) atoms. The molecule has 0 aliphatic heterocycles. The Labute approximate surface area is 210 Å². The zero-order chi connectivity index (χ0) is 24.3. The molecule has 6 aromatic carbocycles. The quantitative estimate of drug-likeness (QED) is 0.250. The van der Waals surface area contributed by atoms with Gasteiger partial charge in [-0.2, -0.15) is 0 Å². The molecule has 6 rings (SSSR count). The minimum atomic E-state index is 0.821. The van der Waals surface area contributed by atoms with Crippen LogP contribution < -0.4 is 10.2 Å². The van der Waals surface area contributed by atoms with Gasteiger partial charge in [0.1, 0.15) is 0 Å². The zero-order valence-corrected chi connectivity index (χ0v) is 19.6. The van der Waals surface area contributed by atoms with Crippen molar-refractivity contribution in [1.82, 2.24) is 0 Å². The van der Waals surface area contributed by atoms with Crippen LogP contribution in [0.5, 0.6) is 0 Å². The topological polar surface area (TPSA) is 32.3 Å². The summed E-state index contributed by atoms with van der Waals surface area (Å²) in [4.78, 5) is 14.3. The number of benzene rings is 6. The van der Waals surface area contributed by atoms with Crippen LogP contribution in [0, 0.1) is 0 Å². The number of anilines is 4. The minimum absolute atomic E-state index is 0.821. The van der Waals surface area contributed by atoms with E-state index in [4.69, 9.17) is 0 Å². The molecule has 0 radical (unpaired) electrons. The molecule has 0 aliphatic rings. The van der Waals surface area contributed by atoms with E-state index < -0.39 is 0 Å². The number of para-hydroxylation sites is 2. The molecule has 1 amide bonds. The summed E-state index contributed by atoms with van der Waals surface area (Å²) < 4.78 is 0. The third-order valence-corrected chi connectivity index (χ3v) is 6.54. The molecule has 0 fully saturated rings. The number of carbonyl (C=O) groups is 1. The van der Waals surface area contributed by atoms with Crippen molar-refractivity contribution >= 4 is 50.7 Å². The molecule has 0 aliphatic carbocycles. The maximum atomic E-state index is 12.6. The van der Waals surface area contributed by atoms with Gasteiger partial charge in [-0.3, -0.25) is 9.69 Å². The van der Waals surface area contributed by atoms with E-state index in [-0.39, 0.29) is 0 Å². The second kappa shape index (κ2) is 9.40. The first-order valence-electron chi connectivity index (χ1n) is 12.0. The van der Waals surface area contributed by atoms with Crippen LogP contribution in [0.15, 0.2) is 133 Å².